The first-order valence-electron chi connectivity index (χ1n) is 21.2. The summed E-state index contributed by atoms with van der Waals surface area (Å²) < 4.78 is 21.4. The molecular formula is C42H76N2O12. The standard InChI is InChI=1S/C42H76N2O12/c1-42(2,3)37(46)33-55-31-30-54-28-26-43-39(48)34-56-32-29-53-27-20-21-35(45)24-25-36(41(51)52)44-38(47)22-18-16-14-12-10-8-6-4-5-7-9-11-13-15-17-19-23-40(49)50/h36H,4-34H2,1-3H3,(H,43,48)(H,44,47)(H,49,50)(H,51,52)/t36-/m0/s1. The van der Waals surface area contributed by atoms with Gasteiger partial charge in [-0.25, -0.2) is 4.79 Å². The lowest BCUT2D eigenvalue weighted by molar-refractivity contribution is -0.142. The predicted molar refractivity (Wildman–Crippen MR) is 215 cm³/mol. The fourth-order valence-electron chi connectivity index (χ4n) is 5.66. The lowest BCUT2D eigenvalue weighted by Gasteiger charge is -2.16. The quantitative estimate of drug-likeness (QED) is 0.0484. The zero-order valence-electron chi connectivity index (χ0n) is 35.0. The molecule has 0 rings (SSSR count). The molecule has 0 aliphatic rings. The number of carboxylic acid groups (broad SMARTS) is 2. The van der Waals surface area contributed by atoms with Gasteiger partial charge in [0, 0.05) is 44.2 Å². The molecule has 0 heterocycles. The van der Waals surface area contributed by atoms with Crippen molar-refractivity contribution in [2.75, 3.05) is 59.4 Å². The maximum atomic E-state index is 12.3. The van der Waals surface area contributed by atoms with Crippen LogP contribution in [0.4, 0.5) is 0 Å². The summed E-state index contributed by atoms with van der Waals surface area (Å²) in [4.78, 5) is 70.4. The molecule has 0 radical (unpaired) electrons. The van der Waals surface area contributed by atoms with Crippen LogP contribution in [0.1, 0.15) is 162 Å². The van der Waals surface area contributed by atoms with Crippen LogP contribution in [0.15, 0.2) is 0 Å². The molecule has 14 nitrogen and oxygen atoms in total. The fraction of sp³-hybridized carbons (Fsp3) is 0.857. The molecule has 0 saturated heterocycles. The third-order valence-electron chi connectivity index (χ3n) is 9.25. The third-order valence-corrected chi connectivity index (χ3v) is 9.25. The number of carboxylic acids is 2. The summed E-state index contributed by atoms with van der Waals surface area (Å²) in [6.45, 7) is 7.50. The van der Waals surface area contributed by atoms with Gasteiger partial charge in [0.25, 0.3) is 0 Å². The maximum absolute atomic E-state index is 12.3. The van der Waals surface area contributed by atoms with E-state index >= 15 is 0 Å². The van der Waals surface area contributed by atoms with E-state index in [1.807, 2.05) is 20.8 Å². The number of ether oxygens (including phenoxy) is 4. The second-order valence-electron chi connectivity index (χ2n) is 15.5. The molecule has 2 amide bonds. The summed E-state index contributed by atoms with van der Waals surface area (Å²) in [5.74, 6) is -2.49. The van der Waals surface area contributed by atoms with Gasteiger partial charge in [-0.2, -0.15) is 0 Å². The Kier molecular flexibility index (Phi) is 34.5. The number of amides is 2. The van der Waals surface area contributed by atoms with Crippen LogP contribution in [0.5, 0.6) is 0 Å². The minimum atomic E-state index is -1.14. The van der Waals surface area contributed by atoms with Gasteiger partial charge < -0.3 is 39.8 Å². The van der Waals surface area contributed by atoms with Crippen LogP contribution in [0, 0.1) is 5.41 Å². The number of carbonyl (C=O) groups is 6. The van der Waals surface area contributed by atoms with E-state index in [1.54, 1.807) is 0 Å². The van der Waals surface area contributed by atoms with Gasteiger partial charge in [0.1, 0.15) is 25.0 Å². The molecule has 0 bridgehead atoms. The van der Waals surface area contributed by atoms with Gasteiger partial charge in [-0.1, -0.05) is 111 Å². The van der Waals surface area contributed by atoms with E-state index in [4.69, 9.17) is 24.1 Å². The van der Waals surface area contributed by atoms with Crippen molar-refractivity contribution < 1.29 is 57.9 Å². The van der Waals surface area contributed by atoms with Crippen molar-refractivity contribution in [1.29, 1.82) is 0 Å². The summed E-state index contributed by atoms with van der Waals surface area (Å²) in [7, 11) is 0. The lowest BCUT2D eigenvalue weighted by atomic mass is 9.91. The van der Waals surface area contributed by atoms with Gasteiger partial charge >= 0.3 is 11.9 Å². The van der Waals surface area contributed by atoms with Crippen molar-refractivity contribution in [3.63, 3.8) is 0 Å². The number of hydrogen-bond donors (Lipinski definition) is 4. The highest BCUT2D eigenvalue weighted by Crippen LogP contribution is 2.15. The second-order valence-corrected chi connectivity index (χ2v) is 15.5. The molecule has 326 valence electrons. The second kappa shape index (κ2) is 36.4. The number of carbonyl (C=O) groups excluding carboxylic acids is 4. The van der Waals surface area contributed by atoms with Crippen molar-refractivity contribution in [1.82, 2.24) is 10.6 Å². The average molecular weight is 801 g/mol. The number of aliphatic carboxylic acids is 2. The lowest BCUT2D eigenvalue weighted by Crippen LogP contribution is -2.41. The van der Waals surface area contributed by atoms with E-state index in [2.05, 4.69) is 10.6 Å². The zero-order valence-corrected chi connectivity index (χ0v) is 35.0. The summed E-state index contributed by atoms with van der Waals surface area (Å²) in [5, 5.41) is 23.4. The molecule has 0 aromatic carbocycles. The Morgan fingerprint density at radius 3 is 1.46 bits per heavy atom. The monoisotopic (exact) mass is 801 g/mol. The minimum Gasteiger partial charge on any atom is -0.481 e. The zero-order chi connectivity index (χ0) is 41.7. The van der Waals surface area contributed by atoms with Crippen molar-refractivity contribution >= 4 is 35.3 Å². The number of nitrogens with one attached hydrogen (secondary N) is 2. The van der Waals surface area contributed by atoms with Gasteiger partial charge in [-0.15, -0.1) is 0 Å². The van der Waals surface area contributed by atoms with Crippen LogP contribution in [-0.4, -0.2) is 111 Å². The Morgan fingerprint density at radius 1 is 0.500 bits per heavy atom. The number of ketones is 2. The van der Waals surface area contributed by atoms with E-state index in [0.29, 0.717) is 45.8 Å². The topological polar surface area (TPSA) is 204 Å². The van der Waals surface area contributed by atoms with Gasteiger partial charge in [-0.3, -0.25) is 24.0 Å². The fourth-order valence-corrected chi connectivity index (χ4v) is 5.66. The van der Waals surface area contributed by atoms with Crippen molar-refractivity contribution in [3.05, 3.63) is 0 Å². The van der Waals surface area contributed by atoms with Crippen molar-refractivity contribution in [2.24, 2.45) is 5.41 Å². The molecule has 0 aromatic rings. The Balaban J connectivity index is 3.66. The summed E-state index contributed by atoms with van der Waals surface area (Å²) in [6.07, 6.45) is 19.4. The van der Waals surface area contributed by atoms with E-state index < -0.39 is 23.4 Å². The smallest absolute Gasteiger partial charge is 0.326 e. The molecule has 0 aliphatic carbocycles. The molecule has 0 aromatic heterocycles. The SMILES string of the molecule is CC(C)(C)C(=O)COCCOCCNC(=O)COCCOCCCC(=O)CC[C@H](NC(=O)CCCCCCCCCCCCCCCCCCC(=O)O)C(=O)O. The maximum Gasteiger partial charge on any atom is 0.326 e. The average Bonchev–Trinajstić information content (AvgIpc) is 3.14. The first kappa shape index (κ1) is 53.1. The highest BCUT2D eigenvalue weighted by Gasteiger charge is 2.21. The Morgan fingerprint density at radius 2 is 0.964 bits per heavy atom. The van der Waals surface area contributed by atoms with Gasteiger partial charge in [0.15, 0.2) is 5.78 Å². The summed E-state index contributed by atoms with van der Waals surface area (Å²) >= 11 is 0. The van der Waals surface area contributed by atoms with Gasteiger partial charge in [-0.05, 0) is 25.7 Å². The number of Topliss-reactive ketones (excluding diaryl/α,β-unsaturated/α-hetero) is 2. The Hall–Kier alpha value is -2.94. The molecule has 14 heteroatoms. The number of rotatable bonds is 41. The third kappa shape index (κ3) is 36.7. The van der Waals surface area contributed by atoms with Gasteiger partial charge in [0.05, 0.1) is 33.0 Å². The van der Waals surface area contributed by atoms with E-state index in [9.17, 15) is 33.9 Å². The van der Waals surface area contributed by atoms with Gasteiger partial charge in [0.2, 0.25) is 11.8 Å². The van der Waals surface area contributed by atoms with E-state index in [0.717, 1.165) is 38.5 Å². The summed E-state index contributed by atoms with van der Waals surface area (Å²) in [6, 6.07) is -1.09. The molecule has 1 atom stereocenters. The van der Waals surface area contributed by atoms with Crippen molar-refractivity contribution in [3.8, 4) is 0 Å². The first-order valence-corrected chi connectivity index (χ1v) is 21.2. The van der Waals surface area contributed by atoms with Crippen LogP contribution >= 0.6 is 0 Å². The molecule has 0 aliphatic heterocycles. The minimum absolute atomic E-state index is 0.0254. The van der Waals surface area contributed by atoms with Crippen molar-refractivity contribution in [2.45, 2.75) is 168 Å². The van der Waals surface area contributed by atoms with Crippen LogP contribution in [0.25, 0.3) is 0 Å². The molecule has 0 fully saturated rings. The largest absolute Gasteiger partial charge is 0.481 e. The van der Waals surface area contributed by atoms with E-state index in [-0.39, 0.29) is 81.9 Å². The van der Waals surface area contributed by atoms with Crippen LogP contribution in [0.2, 0.25) is 0 Å². The molecule has 0 spiro atoms. The van der Waals surface area contributed by atoms with Crippen LogP contribution in [0.3, 0.4) is 0 Å². The first-order chi connectivity index (χ1) is 26.8. The molecule has 0 saturated carbocycles. The van der Waals surface area contributed by atoms with E-state index in [1.165, 1.54) is 57.8 Å². The summed E-state index contributed by atoms with van der Waals surface area (Å²) in [5.41, 5.74) is -0.432. The Labute approximate surface area is 336 Å². The normalized spacial score (nSPS) is 12.0. The van der Waals surface area contributed by atoms with Crippen LogP contribution < -0.4 is 10.6 Å². The predicted octanol–water partition coefficient (Wildman–Crippen LogP) is 6.59. The highest BCUT2D eigenvalue weighted by molar-refractivity contribution is 5.85. The Bertz CT molecular complexity index is 1060. The highest BCUT2D eigenvalue weighted by atomic mass is 16.5. The molecular weight excluding hydrogens is 724 g/mol. The number of hydrogen-bond acceptors (Lipinski definition) is 10. The molecule has 56 heavy (non-hydrogen) atoms. The molecule has 4 N–H and O–H groups in total. The molecule has 0 unspecified atom stereocenters. The number of unbranched alkanes of at least 4 members (excludes halogenated alkanes) is 15. The van der Waals surface area contributed by atoms with Crippen LogP contribution in [-0.2, 0) is 47.7 Å².